The van der Waals surface area contributed by atoms with E-state index in [-0.39, 0.29) is 11.6 Å². The lowest BCUT2D eigenvalue weighted by Crippen LogP contribution is -2.64. The largest absolute Gasteiger partial charge is 0.416 e. The Kier molecular flexibility index (Phi) is 6.41. The lowest BCUT2D eigenvalue weighted by molar-refractivity contribution is -0.143. The molecule has 2 N–H and O–H groups in total. The van der Waals surface area contributed by atoms with E-state index in [4.69, 9.17) is 0 Å². The van der Waals surface area contributed by atoms with Crippen molar-refractivity contribution in [3.63, 3.8) is 0 Å². The van der Waals surface area contributed by atoms with Crippen LogP contribution in [0.5, 0.6) is 0 Å². The van der Waals surface area contributed by atoms with Crippen LogP contribution in [-0.4, -0.2) is 42.5 Å². The fourth-order valence-corrected chi connectivity index (χ4v) is 4.86. The number of hydrogen-bond donors (Lipinski definition) is 2. The smallest absolute Gasteiger partial charge is 0.348 e. The second kappa shape index (κ2) is 8.88. The van der Waals surface area contributed by atoms with Gasteiger partial charge in [0.1, 0.15) is 5.54 Å². The molecule has 0 spiro atoms. The summed E-state index contributed by atoms with van der Waals surface area (Å²) in [5.41, 5.74) is -1.97. The Hall–Kier alpha value is -2.59. The summed E-state index contributed by atoms with van der Waals surface area (Å²) >= 11 is 0. The number of nitrogens with zero attached hydrogens (tertiary/aromatic N) is 1. The summed E-state index contributed by atoms with van der Waals surface area (Å²) < 4.78 is 79.8. The topological polar surface area (TPSA) is 44.4 Å². The minimum absolute atomic E-state index is 0.0911. The number of fused-ring (bicyclic) bond motifs is 1. The van der Waals surface area contributed by atoms with Gasteiger partial charge in [0, 0.05) is 39.0 Å². The molecular weight excluding hydrogens is 460 g/mol. The highest BCUT2D eigenvalue weighted by Crippen LogP contribution is 2.39. The lowest BCUT2D eigenvalue weighted by atomic mass is 9.90. The summed E-state index contributed by atoms with van der Waals surface area (Å²) in [7, 11) is 0. The van der Waals surface area contributed by atoms with Crippen molar-refractivity contribution in [2.45, 2.75) is 43.7 Å². The van der Waals surface area contributed by atoms with E-state index in [0.29, 0.717) is 51.2 Å². The normalized spacial score (nSPS) is 19.5. The van der Waals surface area contributed by atoms with Crippen LogP contribution in [0.15, 0.2) is 42.5 Å². The molecule has 184 valence electrons. The lowest BCUT2D eigenvalue weighted by Gasteiger charge is -2.43. The Morgan fingerprint density at radius 2 is 1.44 bits per heavy atom. The highest BCUT2D eigenvalue weighted by molar-refractivity contribution is 5.88. The maximum Gasteiger partial charge on any atom is 0.416 e. The van der Waals surface area contributed by atoms with Gasteiger partial charge in [-0.2, -0.15) is 26.3 Å². The molecule has 0 bridgehead atoms. The standard InChI is InChI=1S/C24H25F6N3O/c1-15(18-10-19(23(25,26)27)12-20(11-18)24(28,29)30)32-21(34)22(33-8-6-31-7-9-33)13-16-4-2-3-5-17(16)14-22/h2-5,10-12,15,31H,6-9,13-14H2,1H3,(H,32,34)/t15-/m0/s1. The summed E-state index contributed by atoms with van der Waals surface area (Å²) in [6.45, 7) is 3.99. The van der Waals surface area contributed by atoms with Crippen LogP contribution in [0.4, 0.5) is 26.3 Å². The van der Waals surface area contributed by atoms with Gasteiger partial charge in [0.25, 0.3) is 0 Å². The molecule has 34 heavy (non-hydrogen) atoms. The van der Waals surface area contributed by atoms with E-state index in [1.54, 1.807) is 0 Å². The highest BCUT2D eigenvalue weighted by atomic mass is 19.4. The molecule has 1 heterocycles. The van der Waals surface area contributed by atoms with Crippen molar-refractivity contribution < 1.29 is 31.1 Å². The first-order chi connectivity index (χ1) is 15.9. The predicted octanol–water partition coefficient (Wildman–Crippen LogP) is 4.34. The quantitative estimate of drug-likeness (QED) is 0.634. The Bertz CT molecular complexity index is 1000. The molecule has 4 nitrogen and oxygen atoms in total. The van der Waals surface area contributed by atoms with E-state index in [9.17, 15) is 31.1 Å². The fraction of sp³-hybridized carbons (Fsp3) is 0.458. The van der Waals surface area contributed by atoms with Crippen LogP contribution < -0.4 is 10.6 Å². The molecule has 0 radical (unpaired) electrons. The molecule has 1 aliphatic heterocycles. The molecule has 0 saturated carbocycles. The number of halogens is 6. The monoisotopic (exact) mass is 485 g/mol. The van der Waals surface area contributed by atoms with Crippen LogP contribution in [-0.2, 0) is 30.0 Å². The van der Waals surface area contributed by atoms with Crippen molar-refractivity contribution in [2.75, 3.05) is 26.2 Å². The van der Waals surface area contributed by atoms with E-state index in [2.05, 4.69) is 15.5 Å². The molecule has 1 atom stereocenters. The van der Waals surface area contributed by atoms with E-state index >= 15 is 0 Å². The Morgan fingerprint density at radius 1 is 0.941 bits per heavy atom. The fourth-order valence-electron chi connectivity index (χ4n) is 4.86. The molecule has 1 fully saturated rings. The molecule has 1 saturated heterocycles. The van der Waals surface area contributed by atoms with Crippen molar-refractivity contribution in [3.8, 4) is 0 Å². The second-order valence-corrected chi connectivity index (χ2v) is 8.93. The molecule has 4 rings (SSSR count). The number of carbonyl (C=O) groups is 1. The third-order valence-electron chi connectivity index (χ3n) is 6.69. The third kappa shape index (κ3) is 4.79. The molecule has 0 aromatic heterocycles. The number of rotatable bonds is 4. The van der Waals surface area contributed by atoms with Crippen LogP contribution in [0.3, 0.4) is 0 Å². The van der Waals surface area contributed by atoms with Gasteiger partial charge in [-0.05, 0) is 41.8 Å². The summed E-state index contributed by atoms with van der Waals surface area (Å²) in [5, 5.41) is 5.97. The van der Waals surface area contributed by atoms with Gasteiger partial charge >= 0.3 is 12.4 Å². The van der Waals surface area contributed by atoms with Crippen LogP contribution in [0, 0.1) is 0 Å². The number of nitrogens with one attached hydrogen (secondary N) is 2. The van der Waals surface area contributed by atoms with Crippen LogP contribution in [0.1, 0.15) is 40.8 Å². The maximum atomic E-state index is 13.7. The van der Waals surface area contributed by atoms with E-state index in [1.165, 1.54) is 6.92 Å². The molecule has 1 amide bonds. The van der Waals surface area contributed by atoms with Gasteiger partial charge in [0.2, 0.25) is 5.91 Å². The van der Waals surface area contributed by atoms with Gasteiger partial charge in [-0.1, -0.05) is 24.3 Å². The zero-order valence-corrected chi connectivity index (χ0v) is 18.5. The van der Waals surface area contributed by atoms with Crippen LogP contribution in [0.2, 0.25) is 0 Å². The Morgan fingerprint density at radius 3 is 1.91 bits per heavy atom. The number of benzene rings is 2. The Labute approximate surface area is 193 Å². The first-order valence-electron chi connectivity index (χ1n) is 11.0. The average molecular weight is 485 g/mol. The molecule has 0 unspecified atom stereocenters. The van der Waals surface area contributed by atoms with E-state index in [1.807, 2.05) is 24.3 Å². The van der Waals surface area contributed by atoms with Crippen molar-refractivity contribution in [3.05, 3.63) is 70.3 Å². The summed E-state index contributed by atoms with van der Waals surface area (Å²) in [6.07, 6.45) is -9.04. The highest BCUT2D eigenvalue weighted by Gasteiger charge is 2.49. The zero-order valence-electron chi connectivity index (χ0n) is 18.5. The number of amides is 1. The van der Waals surface area contributed by atoms with E-state index < -0.39 is 41.0 Å². The maximum absolute atomic E-state index is 13.7. The molecule has 1 aliphatic carbocycles. The van der Waals surface area contributed by atoms with Gasteiger partial charge in [0.15, 0.2) is 0 Å². The SMILES string of the molecule is C[C@H](NC(=O)C1(N2CCNCC2)Cc2ccccc2C1)c1cc(C(F)(F)F)cc(C(F)(F)F)c1. The van der Waals surface area contributed by atoms with Crippen LogP contribution >= 0.6 is 0 Å². The minimum atomic E-state index is -4.95. The summed E-state index contributed by atoms with van der Waals surface area (Å²) in [5.74, 6) is -0.399. The zero-order chi connectivity index (χ0) is 24.7. The number of piperazine rings is 1. The van der Waals surface area contributed by atoms with Gasteiger partial charge in [-0.15, -0.1) is 0 Å². The van der Waals surface area contributed by atoms with Gasteiger partial charge in [-0.25, -0.2) is 0 Å². The molecule has 10 heteroatoms. The first-order valence-corrected chi connectivity index (χ1v) is 11.0. The summed E-state index contributed by atoms with van der Waals surface area (Å²) in [6, 6.07) is 8.02. The number of alkyl halides is 6. The van der Waals surface area contributed by atoms with Gasteiger partial charge in [0.05, 0.1) is 17.2 Å². The minimum Gasteiger partial charge on any atom is -0.348 e. The Balaban J connectivity index is 1.65. The van der Waals surface area contributed by atoms with Crippen molar-refractivity contribution in [2.24, 2.45) is 0 Å². The number of hydrogen-bond acceptors (Lipinski definition) is 3. The van der Waals surface area contributed by atoms with Gasteiger partial charge in [-0.3, -0.25) is 9.69 Å². The second-order valence-electron chi connectivity index (χ2n) is 8.93. The average Bonchev–Trinajstić information content (AvgIpc) is 3.19. The molecule has 2 aromatic rings. The first kappa shape index (κ1) is 24.5. The van der Waals surface area contributed by atoms with Crippen molar-refractivity contribution in [1.82, 2.24) is 15.5 Å². The molecule has 2 aromatic carbocycles. The molecular formula is C24H25F6N3O. The van der Waals surface area contributed by atoms with Crippen molar-refractivity contribution >= 4 is 5.91 Å². The number of carbonyl (C=O) groups excluding carboxylic acids is 1. The van der Waals surface area contributed by atoms with Crippen LogP contribution in [0.25, 0.3) is 0 Å². The van der Waals surface area contributed by atoms with Gasteiger partial charge < -0.3 is 10.6 Å². The van der Waals surface area contributed by atoms with Crippen molar-refractivity contribution in [1.29, 1.82) is 0 Å². The summed E-state index contributed by atoms with van der Waals surface area (Å²) in [4.78, 5) is 15.7. The van der Waals surface area contributed by atoms with E-state index in [0.717, 1.165) is 11.1 Å². The predicted molar refractivity (Wildman–Crippen MR) is 114 cm³/mol. The molecule has 2 aliphatic rings. The third-order valence-corrected chi connectivity index (χ3v) is 6.69.